The average Bonchev–Trinajstić information content (AvgIpc) is 2.54. The van der Waals surface area contributed by atoms with Crippen LogP contribution in [0.25, 0.3) is 0 Å². The van der Waals surface area contributed by atoms with Gasteiger partial charge in [-0.15, -0.1) is 6.58 Å². The first kappa shape index (κ1) is 16.5. The summed E-state index contributed by atoms with van der Waals surface area (Å²) in [5.74, 6) is 0. The zero-order valence-corrected chi connectivity index (χ0v) is 13.6. The molecule has 0 N–H and O–H groups in total. The molecule has 0 unspecified atom stereocenters. The van der Waals surface area contributed by atoms with Crippen molar-refractivity contribution in [2.75, 3.05) is 13.2 Å². The smallest absolute Gasteiger partial charge is 0.0644 e. The van der Waals surface area contributed by atoms with E-state index in [1.807, 2.05) is 0 Å². The van der Waals surface area contributed by atoms with Gasteiger partial charge < -0.3 is 4.74 Å². The van der Waals surface area contributed by atoms with E-state index in [4.69, 9.17) is 4.74 Å². The van der Waals surface area contributed by atoms with Gasteiger partial charge in [0.05, 0.1) is 6.61 Å². The van der Waals surface area contributed by atoms with Crippen LogP contribution in [0.3, 0.4) is 0 Å². The molecule has 0 aliphatic rings. The maximum absolute atomic E-state index is 5.40. The predicted octanol–water partition coefficient (Wildman–Crippen LogP) is 5.11. The molecule has 1 heteroatoms. The molecule has 0 aromatic heterocycles. The highest BCUT2D eigenvalue weighted by Gasteiger charge is 2.00. The van der Waals surface area contributed by atoms with Gasteiger partial charge in [-0.1, -0.05) is 54.6 Å². The van der Waals surface area contributed by atoms with Crippen LogP contribution in [0.2, 0.25) is 0 Å². The van der Waals surface area contributed by atoms with Gasteiger partial charge in [0.2, 0.25) is 0 Å². The summed E-state index contributed by atoms with van der Waals surface area (Å²) in [6.07, 6.45) is 6.23. The summed E-state index contributed by atoms with van der Waals surface area (Å²) >= 11 is 0. The first-order chi connectivity index (χ1) is 10.8. The van der Waals surface area contributed by atoms with Crippen molar-refractivity contribution in [1.29, 1.82) is 0 Å². The van der Waals surface area contributed by atoms with Gasteiger partial charge in [0.15, 0.2) is 0 Å². The third-order valence-corrected chi connectivity index (χ3v) is 3.92. The zero-order valence-electron chi connectivity index (χ0n) is 13.6. The normalized spacial score (nSPS) is 10.6. The zero-order chi connectivity index (χ0) is 15.6. The highest BCUT2D eigenvalue weighted by molar-refractivity contribution is 5.33. The van der Waals surface area contributed by atoms with Crippen LogP contribution in [-0.4, -0.2) is 13.2 Å². The van der Waals surface area contributed by atoms with E-state index in [0.29, 0.717) is 6.61 Å². The SMILES string of the molecule is C=CCOCCCCc1ccc(Cc2ccccc2C)cc1. The van der Waals surface area contributed by atoms with Gasteiger partial charge in [0.1, 0.15) is 0 Å². The lowest BCUT2D eigenvalue weighted by Gasteiger charge is -2.07. The second-order valence-corrected chi connectivity index (χ2v) is 5.74. The molecule has 0 aliphatic heterocycles. The maximum atomic E-state index is 5.40. The Bertz CT molecular complexity index is 569. The summed E-state index contributed by atoms with van der Waals surface area (Å²) in [5.41, 5.74) is 5.57. The monoisotopic (exact) mass is 294 g/mol. The second-order valence-electron chi connectivity index (χ2n) is 5.74. The topological polar surface area (TPSA) is 9.23 Å². The van der Waals surface area contributed by atoms with E-state index in [9.17, 15) is 0 Å². The standard InChI is InChI=1S/C21H26O/c1-3-15-22-16-7-6-9-19-11-13-20(14-12-19)17-21-10-5-4-8-18(21)2/h3-5,8,10-14H,1,6-7,9,15-17H2,2H3. The molecule has 0 heterocycles. The van der Waals surface area contributed by atoms with Crippen LogP contribution in [0.4, 0.5) is 0 Å². The van der Waals surface area contributed by atoms with Crippen molar-refractivity contribution in [3.05, 3.63) is 83.4 Å². The Hall–Kier alpha value is -1.86. The third-order valence-electron chi connectivity index (χ3n) is 3.92. The second kappa shape index (κ2) is 9.22. The van der Waals surface area contributed by atoms with Crippen molar-refractivity contribution >= 4 is 0 Å². The number of hydrogen-bond acceptors (Lipinski definition) is 1. The maximum Gasteiger partial charge on any atom is 0.0644 e. The fraction of sp³-hybridized carbons (Fsp3) is 0.333. The number of hydrogen-bond donors (Lipinski definition) is 0. The van der Waals surface area contributed by atoms with Crippen LogP contribution < -0.4 is 0 Å². The van der Waals surface area contributed by atoms with Crippen LogP contribution in [-0.2, 0) is 17.6 Å². The molecular formula is C21H26O. The van der Waals surface area contributed by atoms with E-state index in [2.05, 4.69) is 62.0 Å². The summed E-state index contributed by atoms with van der Waals surface area (Å²) in [7, 11) is 0. The fourth-order valence-electron chi connectivity index (χ4n) is 2.55. The Morgan fingerprint density at radius 2 is 1.68 bits per heavy atom. The van der Waals surface area contributed by atoms with Crippen molar-refractivity contribution in [2.45, 2.75) is 32.6 Å². The molecule has 0 fully saturated rings. The summed E-state index contributed by atoms with van der Waals surface area (Å²) < 4.78 is 5.40. The minimum absolute atomic E-state index is 0.660. The van der Waals surface area contributed by atoms with Gasteiger partial charge in [-0.05, 0) is 54.9 Å². The predicted molar refractivity (Wildman–Crippen MR) is 94.4 cm³/mol. The summed E-state index contributed by atoms with van der Waals surface area (Å²) in [6.45, 7) is 7.31. The minimum Gasteiger partial charge on any atom is -0.377 e. The summed E-state index contributed by atoms with van der Waals surface area (Å²) in [5, 5.41) is 0. The quantitative estimate of drug-likeness (QED) is 0.461. The highest BCUT2D eigenvalue weighted by Crippen LogP contribution is 2.15. The van der Waals surface area contributed by atoms with Crippen LogP contribution >= 0.6 is 0 Å². The lowest BCUT2D eigenvalue weighted by molar-refractivity contribution is 0.158. The lowest BCUT2D eigenvalue weighted by atomic mass is 9.99. The van der Waals surface area contributed by atoms with Crippen molar-refractivity contribution in [3.8, 4) is 0 Å². The molecule has 0 bridgehead atoms. The first-order valence-corrected chi connectivity index (χ1v) is 8.10. The Labute approximate surface area is 134 Å². The van der Waals surface area contributed by atoms with Gasteiger partial charge in [-0.2, -0.15) is 0 Å². The van der Waals surface area contributed by atoms with Gasteiger partial charge in [-0.25, -0.2) is 0 Å². The molecule has 0 atom stereocenters. The molecule has 0 amide bonds. The molecule has 2 aromatic rings. The van der Waals surface area contributed by atoms with E-state index in [1.54, 1.807) is 6.08 Å². The molecule has 116 valence electrons. The number of unbranched alkanes of at least 4 members (excludes halogenated alkanes) is 1. The van der Waals surface area contributed by atoms with Crippen molar-refractivity contribution in [2.24, 2.45) is 0 Å². The molecular weight excluding hydrogens is 268 g/mol. The van der Waals surface area contributed by atoms with Crippen LogP contribution in [0.1, 0.15) is 35.1 Å². The van der Waals surface area contributed by atoms with Gasteiger partial charge in [0, 0.05) is 6.61 Å². The van der Waals surface area contributed by atoms with Crippen molar-refractivity contribution < 1.29 is 4.74 Å². The van der Waals surface area contributed by atoms with E-state index in [-0.39, 0.29) is 0 Å². The van der Waals surface area contributed by atoms with E-state index < -0.39 is 0 Å². The molecule has 0 saturated carbocycles. The van der Waals surface area contributed by atoms with Crippen LogP contribution in [0.15, 0.2) is 61.2 Å². The van der Waals surface area contributed by atoms with Gasteiger partial charge in [-0.3, -0.25) is 0 Å². The molecule has 0 spiro atoms. The first-order valence-electron chi connectivity index (χ1n) is 8.10. The van der Waals surface area contributed by atoms with Crippen molar-refractivity contribution in [3.63, 3.8) is 0 Å². The Morgan fingerprint density at radius 1 is 0.955 bits per heavy atom. The largest absolute Gasteiger partial charge is 0.377 e. The lowest BCUT2D eigenvalue weighted by Crippen LogP contribution is -1.96. The number of rotatable bonds is 9. The fourth-order valence-corrected chi connectivity index (χ4v) is 2.55. The third kappa shape index (κ3) is 5.50. The molecule has 22 heavy (non-hydrogen) atoms. The Kier molecular flexibility index (Phi) is 6.92. The highest BCUT2D eigenvalue weighted by atomic mass is 16.5. The van der Waals surface area contributed by atoms with E-state index in [1.165, 1.54) is 28.7 Å². The Balaban J connectivity index is 1.78. The number of benzene rings is 2. The molecule has 0 aliphatic carbocycles. The number of ether oxygens (including phenoxy) is 1. The van der Waals surface area contributed by atoms with Gasteiger partial charge in [0.25, 0.3) is 0 Å². The molecule has 1 nitrogen and oxygen atoms in total. The van der Waals surface area contributed by atoms with Crippen LogP contribution in [0, 0.1) is 6.92 Å². The number of aryl methyl sites for hydroxylation is 2. The molecule has 2 aromatic carbocycles. The average molecular weight is 294 g/mol. The molecule has 2 rings (SSSR count). The minimum atomic E-state index is 0.660. The van der Waals surface area contributed by atoms with E-state index in [0.717, 1.165) is 25.9 Å². The van der Waals surface area contributed by atoms with Crippen molar-refractivity contribution in [1.82, 2.24) is 0 Å². The molecule has 0 saturated heterocycles. The van der Waals surface area contributed by atoms with E-state index >= 15 is 0 Å². The summed E-state index contributed by atoms with van der Waals surface area (Å²) in [4.78, 5) is 0. The summed E-state index contributed by atoms with van der Waals surface area (Å²) in [6, 6.07) is 17.7. The van der Waals surface area contributed by atoms with Crippen LogP contribution in [0.5, 0.6) is 0 Å². The van der Waals surface area contributed by atoms with Gasteiger partial charge >= 0.3 is 0 Å². The molecule has 0 radical (unpaired) electrons. The Morgan fingerprint density at radius 3 is 2.41 bits per heavy atom.